The summed E-state index contributed by atoms with van der Waals surface area (Å²) in [5, 5.41) is 9.16. The van der Waals surface area contributed by atoms with Gasteiger partial charge < -0.3 is 19.6 Å². The number of carboxylic acids is 1. The van der Waals surface area contributed by atoms with Crippen molar-refractivity contribution in [3.8, 4) is 0 Å². The van der Waals surface area contributed by atoms with E-state index in [1.165, 1.54) is 12.8 Å². The van der Waals surface area contributed by atoms with Crippen LogP contribution in [-0.2, 0) is 9.53 Å². The highest BCUT2D eigenvalue weighted by Crippen LogP contribution is 2.32. The smallest absolute Gasteiger partial charge is 0.410 e. The molecule has 29 heavy (non-hydrogen) atoms. The quantitative estimate of drug-likeness (QED) is 0.776. The van der Waals surface area contributed by atoms with E-state index in [2.05, 4.69) is 9.88 Å². The van der Waals surface area contributed by atoms with E-state index in [1.807, 2.05) is 31.7 Å². The summed E-state index contributed by atoms with van der Waals surface area (Å²) in [7, 11) is 0. The highest BCUT2D eigenvalue weighted by atomic mass is 16.6. The summed E-state index contributed by atoms with van der Waals surface area (Å²) in [6.45, 7) is 9.74. The van der Waals surface area contributed by atoms with Crippen molar-refractivity contribution in [3.63, 3.8) is 0 Å². The van der Waals surface area contributed by atoms with Crippen LogP contribution in [0.2, 0.25) is 0 Å². The van der Waals surface area contributed by atoms with E-state index in [-0.39, 0.29) is 12.1 Å². The van der Waals surface area contributed by atoms with E-state index in [4.69, 9.17) is 9.84 Å². The first-order valence-corrected chi connectivity index (χ1v) is 10.6. The predicted molar refractivity (Wildman–Crippen MR) is 111 cm³/mol. The van der Waals surface area contributed by atoms with Crippen molar-refractivity contribution in [1.29, 1.82) is 0 Å². The summed E-state index contributed by atoms with van der Waals surface area (Å²) in [6, 6.07) is 3.83. The third kappa shape index (κ3) is 5.84. The van der Waals surface area contributed by atoms with Gasteiger partial charge in [0.2, 0.25) is 0 Å². The number of piperidine rings is 1. The summed E-state index contributed by atoms with van der Waals surface area (Å²) in [5.41, 5.74) is 1.01. The lowest BCUT2D eigenvalue weighted by atomic mass is 10.0. The predicted octanol–water partition coefficient (Wildman–Crippen LogP) is 3.89. The van der Waals surface area contributed by atoms with E-state index in [9.17, 15) is 9.59 Å². The standard InChI is InChI=1S/C22H33N3O4/c1-15(20(26)27)19-10-9-17(12-23-19)24-11-5-6-18(14-24)25(13-16-7-8-16)21(28)29-22(2,3)4/h9-10,12,15-16,18H,5-8,11,13-14H2,1-4H3,(H,26,27)/t15?,18-/m1/s1. The Morgan fingerprint density at radius 2 is 2.03 bits per heavy atom. The van der Waals surface area contributed by atoms with Gasteiger partial charge in [0.15, 0.2) is 0 Å². The van der Waals surface area contributed by atoms with Crippen molar-refractivity contribution in [2.75, 3.05) is 24.5 Å². The summed E-state index contributed by atoms with van der Waals surface area (Å²) < 4.78 is 5.69. The number of hydrogen-bond acceptors (Lipinski definition) is 5. The molecule has 1 aromatic heterocycles. The maximum absolute atomic E-state index is 12.9. The summed E-state index contributed by atoms with van der Waals surface area (Å²) in [5.74, 6) is -0.910. The Balaban J connectivity index is 1.70. The minimum Gasteiger partial charge on any atom is -0.481 e. The number of carbonyl (C=O) groups is 2. The van der Waals surface area contributed by atoms with Gasteiger partial charge >= 0.3 is 12.1 Å². The molecule has 1 amide bonds. The molecule has 1 unspecified atom stereocenters. The number of aliphatic carboxylic acids is 1. The molecule has 0 aromatic carbocycles. The first kappa shape index (κ1) is 21.4. The van der Waals surface area contributed by atoms with Gasteiger partial charge in [-0.2, -0.15) is 0 Å². The Labute approximate surface area is 173 Å². The molecule has 7 nitrogen and oxygen atoms in total. The van der Waals surface area contributed by atoms with Gasteiger partial charge in [-0.3, -0.25) is 9.78 Å². The van der Waals surface area contributed by atoms with Crippen LogP contribution >= 0.6 is 0 Å². The van der Waals surface area contributed by atoms with Crippen LogP contribution in [-0.4, -0.2) is 58.3 Å². The molecule has 0 radical (unpaired) electrons. The number of pyridine rings is 1. The number of carboxylic acid groups (broad SMARTS) is 1. The molecule has 0 spiro atoms. The normalized spacial score (nSPS) is 20.8. The van der Waals surface area contributed by atoms with E-state index in [0.717, 1.165) is 38.2 Å². The van der Waals surface area contributed by atoms with Crippen molar-refractivity contribution < 1.29 is 19.4 Å². The third-order valence-corrected chi connectivity index (χ3v) is 5.57. The molecule has 2 heterocycles. The fraction of sp³-hybridized carbons (Fsp3) is 0.682. The molecule has 1 N–H and O–H groups in total. The van der Waals surface area contributed by atoms with Crippen LogP contribution in [0.5, 0.6) is 0 Å². The zero-order valence-corrected chi connectivity index (χ0v) is 17.9. The Morgan fingerprint density at radius 3 is 2.59 bits per heavy atom. The molecular formula is C22H33N3O4. The second-order valence-corrected chi connectivity index (χ2v) is 9.32. The average Bonchev–Trinajstić information content (AvgIpc) is 3.48. The molecular weight excluding hydrogens is 370 g/mol. The van der Waals surface area contributed by atoms with Crippen LogP contribution in [0.15, 0.2) is 18.3 Å². The molecule has 1 aliphatic carbocycles. The number of aromatic nitrogens is 1. The second-order valence-electron chi connectivity index (χ2n) is 9.32. The number of ether oxygens (including phenoxy) is 1. The Morgan fingerprint density at radius 1 is 1.31 bits per heavy atom. The zero-order chi connectivity index (χ0) is 21.2. The van der Waals surface area contributed by atoms with Crippen molar-refractivity contribution >= 4 is 17.7 Å². The monoisotopic (exact) mass is 403 g/mol. The van der Waals surface area contributed by atoms with Crippen LogP contribution in [0.4, 0.5) is 10.5 Å². The Kier molecular flexibility index (Phi) is 6.34. The molecule has 2 fully saturated rings. The number of rotatable bonds is 6. The van der Waals surface area contributed by atoms with E-state index in [1.54, 1.807) is 19.2 Å². The molecule has 7 heteroatoms. The van der Waals surface area contributed by atoms with Gasteiger partial charge in [0.1, 0.15) is 5.60 Å². The van der Waals surface area contributed by atoms with Crippen molar-refractivity contribution in [2.45, 2.75) is 70.9 Å². The first-order chi connectivity index (χ1) is 13.6. The van der Waals surface area contributed by atoms with Crippen LogP contribution < -0.4 is 4.90 Å². The molecule has 2 aliphatic rings. The maximum atomic E-state index is 12.9. The lowest BCUT2D eigenvalue weighted by molar-refractivity contribution is -0.138. The Bertz CT molecular complexity index is 725. The van der Waals surface area contributed by atoms with Gasteiger partial charge in [0.25, 0.3) is 0 Å². The van der Waals surface area contributed by atoms with Crippen LogP contribution in [0.3, 0.4) is 0 Å². The van der Waals surface area contributed by atoms with Gasteiger partial charge in [0, 0.05) is 19.6 Å². The number of hydrogen-bond donors (Lipinski definition) is 1. The topological polar surface area (TPSA) is 83.0 Å². The second kappa shape index (κ2) is 8.59. The molecule has 1 aliphatic heterocycles. The zero-order valence-electron chi connectivity index (χ0n) is 17.9. The summed E-state index contributed by atoms with van der Waals surface area (Å²) in [4.78, 5) is 32.6. The molecule has 2 atom stereocenters. The van der Waals surface area contributed by atoms with Gasteiger partial charge in [0.05, 0.1) is 29.5 Å². The van der Waals surface area contributed by atoms with E-state index in [0.29, 0.717) is 11.6 Å². The van der Waals surface area contributed by atoms with E-state index < -0.39 is 17.5 Å². The average molecular weight is 404 g/mol. The molecule has 1 saturated carbocycles. The number of amides is 1. The lowest BCUT2D eigenvalue weighted by Gasteiger charge is -2.40. The largest absolute Gasteiger partial charge is 0.481 e. The molecule has 1 aromatic rings. The highest BCUT2D eigenvalue weighted by molar-refractivity contribution is 5.75. The minimum absolute atomic E-state index is 0.108. The van der Waals surface area contributed by atoms with Gasteiger partial charge in [-0.05, 0) is 71.4 Å². The van der Waals surface area contributed by atoms with Crippen LogP contribution in [0.25, 0.3) is 0 Å². The SMILES string of the molecule is CC(C(=O)O)c1ccc(N2CCC[C@@H](N(CC3CC3)C(=O)OC(C)(C)C)C2)cn1. The van der Waals surface area contributed by atoms with Crippen LogP contribution in [0.1, 0.15) is 65.0 Å². The minimum atomic E-state index is -0.878. The fourth-order valence-electron chi connectivity index (χ4n) is 3.68. The number of carbonyl (C=O) groups excluding carboxylic acids is 1. The van der Waals surface area contributed by atoms with Crippen molar-refractivity contribution in [3.05, 3.63) is 24.0 Å². The summed E-state index contributed by atoms with van der Waals surface area (Å²) in [6.07, 6.45) is 5.84. The summed E-state index contributed by atoms with van der Waals surface area (Å²) >= 11 is 0. The molecule has 1 saturated heterocycles. The van der Waals surface area contributed by atoms with Crippen molar-refractivity contribution in [1.82, 2.24) is 9.88 Å². The fourth-order valence-corrected chi connectivity index (χ4v) is 3.68. The molecule has 3 rings (SSSR count). The van der Waals surface area contributed by atoms with Crippen LogP contribution in [0, 0.1) is 5.92 Å². The van der Waals surface area contributed by atoms with Crippen molar-refractivity contribution in [2.24, 2.45) is 5.92 Å². The Hall–Kier alpha value is -2.31. The molecule has 160 valence electrons. The van der Waals surface area contributed by atoms with Gasteiger partial charge in [-0.25, -0.2) is 4.79 Å². The van der Waals surface area contributed by atoms with E-state index >= 15 is 0 Å². The third-order valence-electron chi connectivity index (χ3n) is 5.57. The number of anilines is 1. The van der Waals surface area contributed by atoms with Gasteiger partial charge in [-0.1, -0.05) is 0 Å². The maximum Gasteiger partial charge on any atom is 0.410 e. The first-order valence-electron chi connectivity index (χ1n) is 10.6. The highest BCUT2D eigenvalue weighted by Gasteiger charge is 2.35. The number of nitrogens with zero attached hydrogens (tertiary/aromatic N) is 3. The van der Waals surface area contributed by atoms with Gasteiger partial charge in [-0.15, -0.1) is 0 Å². The molecule has 0 bridgehead atoms. The lowest BCUT2D eigenvalue weighted by Crippen LogP contribution is -2.52.